The number of hydrogen-bond donors (Lipinski definition) is 0. The Bertz CT molecular complexity index is 1710. The maximum Gasteiger partial charge on any atom is 0.346 e. The van der Waals surface area contributed by atoms with Crippen LogP contribution >= 0.6 is 11.6 Å². The standard InChI is InChI=1S/C32H34ClN3O6/c1-8-41-27-13-19(4)25(16-24(27)18(2)3)30-35-26-12-10-9-11-23(26)31(37)36(30)34-17-21-14-22(33)15-28(39-6)29(21)42-20(5)32(38)40-7/h9-18,20H,8H2,1-7H3/t20-/m1/s1. The molecule has 3 aromatic carbocycles. The molecule has 0 amide bonds. The third kappa shape index (κ3) is 6.26. The number of benzene rings is 3. The fraction of sp³-hybridized carbons (Fsp3) is 0.312. The summed E-state index contributed by atoms with van der Waals surface area (Å²) in [6.45, 7) is 10.1. The van der Waals surface area contributed by atoms with Gasteiger partial charge in [-0.1, -0.05) is 37.6 Å². The summed E-state index contributed by atoms with van der Waals surface area (Å²) in [6.07, 6.45) is 0.487. The van der Waals surface area contributed by atoms with E-state index in [1.165, 1.54) is 25.1 Å². The number of para-hydroxylation sites is 1. The number of fused-ring (bicyclic) bond motifs is 1. The van der Waals surface area contributed by atoms with E-state index in [2.05, 4.69) is 18.9 Å². The minimum Gasteiger partial charge on any atom is -0.494 e. The van der Waals surface area contributed by atoms with E-state index in [-0.39, 0.29) is 23.0 Å². The molecule has 10 heteroatoms. The number of hydrogen-bond acceptors (Lipinski definition) is 8. The Morgan fingerprint density at radius 3 is 2.50 bits per heavy atom. The molecule has 0 unspecified atom stereocenters. The highest BCUT2D eigenvalue weighted by atomic mass is 35.5. The molecule has 4 aromatic rings. The van der Waals surface area contributed by atoms with E-state index in [0.29, 0.717) is 33.9 Å². The summed E-state index contributed by atoms with van der Waals surface area (Å²) in [5.74, 6) is 1.24. The number of halogens is 1. The van der Waals surface area contributed by atoms with Crippen molar-refractivity contribution in [3.05, 3.63) is 80.6 Å². The molecule has 0 aliphatic rings. The van der Waals surface area contributed by atoms with Gasteiger partial charge in [0, 0.05) is 22.2 Å². The van der Waals surface area contributed by atoms with Crippen LogP contribution in [0.15, 0.2) is 58.4 Å². The molecule has 1 aromatic heterocycles. The normalized spacial score (nSPS) is 12.1. The highest BCUT2D eigenvalue weighted by Crippen LogP contribution is 2.36. The quantitative estimate of drug-likeness (QED) is 0.156. The maximum atomic E-state index is 13.9. The maximum absolute atomic E-state index is 13.9. The predicted molar refractivity (Wildman–Crippen MR) is 165 cm³/mol. The first-order valence-corrected chi connectivity index (χ1v) is 13.9. The number of carbonyl (C=O) groups is 1. The first-order chi connectivity index (χ1) is 20.1. The zero-order chi connectivity index (χ0) is 30.6. The van der Waals surface area contributed by atoms with Crippen LogP contribution in [0.5, 0.6) is 17.2 Å². The summed E-state index contributed by atoms with van der Waals surface area (Å²) in [7, 11) is 2.73. The minimum atomic E-state index is -0.946. The molecule has 1 atom stereocenters. The molecule has 0 saturated heterocycles. The average Bonchev–Trinajstić information content (AvgIpc) is 2.97. The second-order valence-corrected chi connectivity index (χ2v) is 10.4. The first kappa shape index (κ1) is 30.6. The Morgan fingerprint density at radius 2 is 1.83 bits per heavy atom. The van der Waals surface area contributed by atoms with Gasteiger partial charge in [-0.3, -0.25) is 4.79 Å². The van der Waals surface area contributed by atoms with Gasteiger partial charge >= 0.3 is 5.97 Å². The van der Waals surface area contributed by atoms with Crippen LogP contribution < -0.4 is 19.8 Å². The topological polar surface area (TPSA) is 101 Å². The van der Waals surface area contributed by atoms with Crippen molar-refractivity contribution < 1.29 is 23.7 Å². The Kier molecular flexibility index (Phi) is 9.52. The van der Waals surface area contributed by atoms with Crippen molar-refractivity contribution >= 4 is 34.7 Å². The summed E-state index contributed by atoms with van der Waals surface area (Å²) in [6, 6.07) is 14.2. The molecule has 0 aliphatic heterocycles. The summed E-state index contributed by atoms with van der Waals surface area (Å²) >= 11 is 6.37. The number of rotatable bonds is 10. The second-order valence-electron chi connectivity index (χ2n) is 9.92. The number of aromatic nitrogens is 2. The molecule has 0 spiro atoms. The third-order valence-electron chi connectivity index (χ3n) is 6.68. The fourth-order valence-electron chi connectivity index (χ4n) is 4.55. The van der Waals surface area contributed by atoms with E-state index >= 15 is 0 Å². The SMILES string of the molecule is CCOc1cc(C)c(-c2nc3ccccc3c(=O)n2N=Cc2cc(Cl)cc(OC)c2O[C@H](C)C(=O)OC)cc1C(C)C. The lowest BCUT2D eigenvalue weighted by Gasteiger charge is -2.19. The molecule has 9 nitrogen and oxygen atoms in total. The summed E-state index contributed by atoms with van der Waals surface area (Å²) in [5, 5.41) is 5.36. The van der Waals surface area contributed by atoms with Crippen molar-refractivity contribution in [1.82, 2.24) is 9.66 Å². The van der Waals surface area contributed by atoms with Crippen molar-refractivity contribution in [1.29, 1.82) is 0 Å². The molecule has 0 radical (unpaired) electrons. The number of nitrogens with zero attached hydrogens (tertiary/aromatic N) is 3. The van der Waals surface area contributed by atoms with Crippen molar-refractivity contribution in [2.45, 2.75) is 46.6 Å². The van der Waals surface area contributed by atoms with Crippen LogP contribution in [0.2, 0.25) is 5.02 Å². The average molecular weight is 592 g/mol. The molecule has 0 aliphatic carbocycles. The van der Waals surface area contributed by atoms with Crippen LogP contribution in [0.3, 0.4) is 0 Å². The molecule has 1 heterocycles. The van der Waals surface area contributed by atoms with Gasteiger partial charge in [0.05, 0.1) is 37.9 Å². The van der Waals surface area contributed by atoms with E-state index in [4.69, 9.17) is 35.5 Å². The summed E-state index contributed by atoms with van der Waals surface area (Å²) < 4.78 is 23.4. The molecular weight excluding hydrogens is 558 g/mol. The summed E-state index contributed by atoms with van der Waals surface area (Å²) in [4.78, 5) is 30.8. The van der Waals surface area contributed by atoms with Gasteiger partial charge in [-0.15, -0.1) is 0 Å². The van der Waals surface area contributed by atoms with Crippen LogP contribution in [-0.4, -0.2) is 48.8 Å². The van der Waals surface area contributed by atoms with Crippen molar-refractivity contribution in [3.8, 4) is 28.6 Å². The van der Waals surface area contributed by atoms with Crippen LogP contribution in [0.1, 0.15) is 50.3 Å². The minimum absolute atomic E-state index is 0.158. The Morgan fingerprint density at radius 1 is 1.10 bits per heavy atom. The lowest BCUT2D eigenvalue weighted by atomic mass is 9.96. The van der Waals surface area contributed by atoms with Crippen LogP contribution in [0.4, 0.5) is 0 Å². The lowest BCUT2D eigenvalue weighted by molar-refractivity contribution is -0.147. The molecule has 0 saturated carbocycles. The fourth-order valence-corrected chi connectivity index (χ4v) is 4.77. The Hall–Kier alpha value is -4.37. The van der Waals surface area contributed by atoms with Gasteiger partial charge in [0.1, 0.15) is 5.75 Å². The van der Waals surface area contributed by atoms with Gasteiger partial charge in [-0.2, -0.15) is 9.78 Å². The molecule has 4 rings (SSSR count). The number of ether oxygens (including phenoxy) is 4. The van der Waals surface area contributed by atoms with Gasteiger partial charge in [-0.25, -0.2) is 9.78 Å². The van der Waals surface area contributed by atoms with Crippen molar-refractivity contribution in [2.75, 3.05) is 20.8 Å². The zero-order valence-electron chi connectivity index (χ0n) is 24.7. The first-order valence-electron chi connectivity index (χ1n) is 13.5. The van der Waals surface area contributed by atoms with Crippen LogP contribution in [0, 0.1) is 6.92 Å². The van der Waals surface area contributed by atoms with Gasteiger partial charge < -0.3 is 18.9 Å². The molecular formula is C32H34ClN3O6. The van der Waals surface area contributed by atoms with Crippen molar-refractivity contribution in [2.24, 2.45) is 5.10 Å². The number of methoxy groups -OCH3 is 2. The molecule has 0 N–H and O–H groups in total. The number of carbonyl (C=O) groups excluding carboxylic acids is 1. The molecule has 42 heavy (non-hydrogen) atoms. The van der Waals surface area contributed by atoms with Crippen LogP contribution in [-0.2, 0) is 9.53 Å². The smallest absolute Gasteiger partial charge is 0.346 e. The van der Waals surface area contributed by atoms with E-state index in [1.54, 1.807) is 37.3 Å². The van der Waals surface area contributed by atoms with E-state index in [1.807, 2.05) is 32.0 Å². The number of esters is 1. The zero-order valence-corrected chi connectivity index (χ0v) is 25.5. The lowest BCUT2D eigenvalue weighted by Crippen LogP contribution is -2.25. The van der Waals surface area contributed by atoms with Gasteiger partial charge in [0.2, 0.25) is 0 Å². The molecule has 0 bridgehead atoms. The second kappa shape index (κ2) is 13.1. The van der Waals surface area contributed by atoms with E-state index < -0.39 is 12.1 Å². The number of aryl methyl sites for hydroxylation is 1. The van der Waals surface area contributed by atoms with Crippen molar-refractivity contribution in [3.63, 3.8) is 0 Å². The highest BCUT2D eigenvalue weighted by molar-refractivity contribution is 6.31. The van der Waals surface area contributed by atoms with Gasteiger partial charge in [0.25, 0.3) is 5.56 Å². The molecule has 220 valence electrons. The predicted octanol–water partition coefficient (Wildman–Crippen LogP) is 6.38. The van der Waals surface area contributed by atoms with Crippen LogP contribution in [0.25, 0.3) is 22.3 Å². The van der Waals surface area contributed by atoms with E-state index in [9.17, 15) is 9.59 Å². The van der Waals surface area contributed by atoms with E-state index in [0.717, 1.165) is 22.4 Å². The van der Waals surface area contributed by atoms with Gasteiger partial charge in [-0.05, 0) is 68.1 Å². The third-order valence-corrected chi connectivity index (χ3v) is 6.90. The van der Waals surface area contributed by atoms with Gasteiger partial charge in [0.15, 0.2) is 23.4 Å². The summed E-state index contributed by atoms with van der Waals surface area (Å²) in [5.41, 5.74) is 3.17. The highest BCUT2D eigenvalue weighted by Gasteiger charge is 2.22. The largest absolute Gasteiger partial charge is 0.494 e. The monoisotopic (exact) mass is 591 g/mol. The Balaban J connectivity index is 1.96. The Labute approximate surface area is 249 Å². The molecule has 0 fully saturated rings.